The molecule has 2 aliphatic rings. The minimum absolute atomic E-state index is 0.0564. The van der Waals surface area contributed by atoms with Gasteiger partial charge in [0.1, 0.15) is 5.75 Å². The lowest BCUT2D eigenvalue weighted by molar-refractivity contribution is 0.0384. The van der Waals surface area contributed by atoms with E-state index in [9.17, 15) is 15.0 Å². The number of aromatic hydroxyl groups is 1. The second kappa shape index (κ2) is 4.23. The average molecular weight is 261 g/mol. The number of hydrogen-bond donors (Lipinski definition) is 2. The highest BCUT2D eigenvalue weighted by Crippen LogP contribution is 2.45. The Morgan fingerprint density at radius 3 is 2.84 bits per heavy atom. The van der Waals surface area contributed by atoms with Crippen molar-refractivity contribution < 1.29 is 15.0 Å². The first kappa shape index (κ1) is 12.5. The van der Waals surface area contributed by atoms with Gasteiger partial charge in [-0.2, -0.15) is 0 Å². The second-order valence-electron chi connectivity index (χ2n) is 5.73. The van der Waals surface area contributed by atoms with Gasteiger partial charge in [0.2, 0.25) is 0 Å². The van der Waals surface area contributed by atoms with Crippen molar-refractivity contribution in [1.82, 2.24) is 4.90 Å². The number of aryl methyl sites for hydroxylation is 1. The monoisotopic (exact) mass is 261 g/mol. The Balaban J connectivity index is 1.89. The number of likely N-dealkylation sites (tertiary alicyclic amines) is 1. The van der Waals surface area contributed by atoms with Crippen molar-refractivity contribution in [3.63, 3.8) is 0 Å². The molecule has 2 fully saturated rings. The first-order valence-corrected chi connectivity index (χ1v) is 6.85. The van der Waals surface area contributed by atoms with Crippen molar-refractivity contribution in [2.24, 2.45) is 0 Å². The first-order valence-electron chi connectivity index (χ1n) is 6.85. The number of nitrogens with zero attached hydrogens (tertiary/aromatic N) is 1. The van der Waals surface area contributed by atoms with Crippen LogP contribution in [-0.4, -0.2) is 39.2 Å². The van der Waals surface area contributed by atoms with Crippen LogP contribution < -0.4 is 0 Å². The number of carbonyl (C=O) groups excluding carboxylic acids is 1. The van der Waals surface area contributed by atoms with Gasteiger partial charge in [-0.3, -0.25) is 4.79 Å². The zero-order chi connectivity index (χ0) is 13.6. The van der Waals surface area contributed by atoms with Crippen molar-refractivity contribution in [3.8, 4) is 5.75 Å². The molecule has 1 saturated carbocycles. The molecule has 1 aliphatic heterocycles. The average Bonchev–Trinajstić information content (AvgIpc) is 2.94. The number of carbonyl (C=O) groups is 1. The molecular formula is C15H19NO3. The molecule has 1 atom stereocenters. The second-order valence-corrected chi connectivity index (χ2v) is 5.73. The molecule has 1 aliphatic carbocycles. The van der Waals surface area contributed by atoms with Gasteiger partial charge in [0.15, 0.2) is 0 Å². The Hall–Kier alpha value is -1.55. The summed E-state index contributed by atoms with van der Waals surface area (Å²) in [7, 11) is 0. The van der Waals surface area contributed by atoms with Crippen molar-refractivity contribution in [2.75, 3.05) is 6.54 Å². The molecule has 2 N–H and O–H groups in total. The third-order valence-electron chi connectivity index (χ3n) is 4.36. The molecule has 102 valence electrons. The zero-order valence-electron chi connectivity index (χ0n) is 11.1. The lowest BCUT2D eigenvalue weighted by atomic mass is 10.0. The Kier molecular flexibility index (Phi) is 2.78. The Morgan fingerprint density at radius 2 is 2.16 bits per heavy atom. The summed E-state index contributed by atoms with van der Waals surface area (Å²) in [6, 6.07) is 5.12. The van der Waals surface area contributed by atoms with E-state index >= 15 is 0 Å². The van der Waals surface area contributed by atoms with Crippen LogP contribution in [-0.2, 0) is 0 Å². The molecule has 0 spiro atoms. The Morgan fingerprint density at radius 1 is 1.42 bits per heavy atom. The van der Waals surface area contributed by atoms with Gasteiger partial charge in [-0.1, -0.05) is 12.1 Å². The predicted molar refractivity (Wildman–Crippen MR) is 71.1 cm³/mol. The Bertz CT molecular complexity index is 522. The molecule has 19 heavy (non-hydrogen) atoms. The third-order valence-corrected chi connectivity index (χ3v) is 4.36. The van der Waals surface area contributed by atoms with Crippen LogP contribution in [0.5, 0.6) is 5.75 Å². The van der Waals surface area contributed by atoms with Gasteiger partial charge in [0.05, 0.1) is 17.2 Å². The number of rotatable bonds is 2. The molecule has 1 unspecified atom stereocenters. The van der Waals surface area contributed by atoms with E-state index in [4.69, 9.17) is 0 Å². The van der Waals surface area contributed by atoms with E-state index in [1.807, 2.05) is 0 Å². The topological polar surface area (TPSA) is 60.8 Å². The number of phenolic OH excluding ortho intramolecular Hbond substituents is 1. The highest BCUT2D eigenvalue weighted by molar-refractivity contribution is 5.97. The smallest absolute Gasteiger partial charge is 0.257 e. The quantitative estimate of drug-likeness (QED) is 0.854. The summed E-state index contributed by atoms with van der Waals surface area (Å²) in [4.78, 5) is 14.3. The normalized spacial score (nSPS) is 24.5. The third kappa shape index (κ3) is 2.00. The maximum absolute atomic E-state index is 12.6. The highest BCUT2D eigenvalue weighted by atomic mass is 16.3. The van der Waals surface area contributed by atoms with E-state index in [0.29, 0.717) is 17.7 Å². The summed E-state index contributed by atoms with van der Waals surface area (Å²) in [6.07, 6.45) is 3.34. The number of aliphatic hydroxyl groups is 1. The number of hydrogen-bond acceptors (Lipinski definition) is 3. The maximum Gasteiger partial charge on any atom is 0.257 e. The fourth-order valence-corrected chi connectivity index (χ4v) is 3.02. The van der Waals surface area contributed by atoms with E-state index < -0.39 is 5.60 Å². The molecule has 4 heteroatoms. The molecule has 4 nitrogen and oxygen atoms in total. The van der Waals surface area contributed by atoms with Crippen molar-refractivity contribution >= 4 is 5.91 Å². The first-order chi connectivity index (χ1) is 9.03. The van der Waals surface area contributed by atoms with Gasteiger partial charge in [0, 0.05) is 6.54 Å². The summed E-state index contributed by atoms with van der Waals surface area (Å²) in [5.74, 6) is -0.107. The summed E-state index contributed by atoms with van der Waals surface area (Å²) in [5.41, 5.74) is 0.369. The van der Waals surface area contributed by atoms with Gasteiger partial charge in [-0.15, -0.1) is 0 Å². The number of benzene rings is 1. The van der Waals surface area contributed by atoms with E-state index in [2.05, 4.69) is 0 Å². The summed E-state index contributed by atoms with van der Waals surface area (Å²) < 4.78 is 0. The van der Waals surface area contributed by atoms with Crippen LogP contribution in [0.2, 0.25) is 0 Å². The van der Waals surface area contributed by atoms with Crippen LogP contribution in [0.1, 0.15) is 41.6 Å². The minimum Gasteiger partial charge on any atom is -0.507 e. The van der Waals surface area contributed by atoms with Crippen LogP contribution >= 0.6 is 0 Å². The van der Waals surface area contributed by atoms with Crippen LogP contribution in [0.15, 0.2) is 18.2 Å². The van der Waals surface area contributed by atoms with Crippen molar-refractivity contribution in [3.05, 3.63) is 29.3 Å². The van der Waals surface area contributed by atoms with Crippen molar-refractivity contribution in [1.29, 1.82) is 0 Å². The molecule has 0 radical (unpaired) electrons. The van der Waals surface area contributed by atoms with Crippen LogP contribution in [0.3, 0.4) is 0 Å². The molecule has 1 amide bonds. The van der Waals surface area contributed by atoms with E-state index in [1.165, 1.54) is 0 Å². The number of amides is 1. The maximum atomic E-state index is 12.6. The van der Waals surface area contributed by atoms with Gasteiger partial charge in [-0.25, -0.2) is 0 Å². The minimum atomic E-state index is -0.675. The standard InChI is InChI=1S/C15H19NO3/c1-10-4-2-5-11(13(10)17)14(18)16-9-3-6-12(16)15(19)7-8-15/h2,4-5,12,17,19H,3,6-9H2,1H3. The lowest BCUT2D eigenvalue weighted by Crippen LogP contribution is -2.44. The highest BCUT2D eigenvalue weighted by Gasteiger charge is 2.52. The van der Waals surface area contributed by atoms with E-state index in [1.54, 1.807) is 30.0 Å². The van der Waals surface area contributed by atoms with Gasteiger partial charge < -0.3 is 15.1 Å². The molecule has 0 bridgehead atoms. The Labute approximate surface area is 112 Å². The zero-order valence-corrected chi connectivity index (χ0v) is 11.1. The number of phenols is 1. The molecule has 1 saturated heterocycles. The molecule has 3 rings (SSSR count). The summed E-state index contributed by atoms with van der Waals surface area (Å²) >= 11 is 0. The lowest BCUT2D eigenvalue weighted by Gasteiger charge is -2.29. The van der Waals surface area contributed by atoms with E-state index in [-0.39, 0.29) is 17.7 Å². The molecule has 0 aromatic heterocycles. The van der Waals surface area contributed by atoms with Gasteiger partial charge >= 0.3 is 0 Å². The summed E-state index contributed by atoms with van der Waals surface area (Å²) in [6.45, 7) is 2.45. The van der Waals surface area contributed by atoms with Gasteiger partial charge in [-0.05, 0) is 44.2 Å². The fraction of sp³-hybridized carbons (Fsp3) is 0.533. The molecule has 1 aromatic carbocycles. The number of para-hydroxylation sites is 1. The molecule has 1 heterocycles. The molecular weight excluding hydrogens is 242 g/mol. The van der Waals surface area contributed by atoms with Gasteiger partial charge in [0.25, 0.3) is 5.91 Å². The van der Waals surface area contributed by atoms with Crippen LogP contribution in [0.4, 0.5) is 0 Å². The fourth-order valence-electron chi connectivity index (χ4n) is 3.02. The molecule has 1 aromatic rings. The van der Waals surface area contributed by atoms with E-state index in [0.717, 1.165) is 25.7 Å². The van der Waals surface area contributed by atoms with Crippen LogP contribution in [0, 0.1) is 6.92 Å². The predicted octanol–water partition coefficient (Wildman–Crippen LogP) is 1.83. The SMILES string of the molecule is Cc1cccc(C(=O)N2CCCC2C2(O)CC2)c1O. The summed E-state index contributed by atoms with van der Waals surface area (Å²) in [5, 5.41) is 20.3. The largest absolute Gasteiger partial charge is 0.507 e. The van der Waals surface area contributed by atoms with Crippen molar-refractivity contribution in [2.45, 2.75) is 44.2 Å². The van der Waals surface area contributed by atoms with Crippen LogP contribution in [0.25, 0.3) is 0 Å².